The van der Waals surface area contributed by atoms with E-state index in [0.717, 1.165) is 24.9 Å². The molecule has 1 fully saturated rings. The molecule has 1 aromatic rings. The van der Waals surface area contributed by atoms with E-state index in [4.69, 9.17) is 4.74 Å². The maximum Gasteiger partial charge on any atom is 0.311 e. The third kappa shape index (κ3) is 3.14. The van der Waals surface area contributed by atoms with Crippen LogP contribution in [0.3, 0.4) is 0 Å². The second kappa shape index (κ2) is 5.44. The van der Waals surface area contributed by atoms with Crippen molar-refractivity contribution in [2.24, 2.45) is 0 Å². The van der Waals surface area contributed by atoms with Crippen molar-refractivity contribution in [2.75, 3.05) is 18.5 Å². The second-order valence-electron chi connectivity index (χ2n) is 4.85. The first kappa shape index (κ1) is 13.6. The van der Waals surface area contributed by atoms with Gasteiger partial charge in [0, 0.05) is 17.8 Å². The van der Waals surface area contributed by atoms with Crippen molar-refractivity contribution >= 4 is 11.4 Å². The molecule has 0 aliphatic heterocycles. The predicted molar refractivity (Wildman–Crippen MR) is 71.6 cm³/mol. The zero-order valence-electron chi connectivity index (χ0n) is 10.9. The molecular weight excluding hydrogens is 248 g/mol. The SMILES string of the molecule is CCCOc1cc(NC2(CO)CC2)ccc1[N+](=O)[O-]. The van der Waals surface area contributed by atoms with E-state index in [0.29, 0.717) is 6.61 Å². The van der Waals surface area contributed by atoms with Gasteiger partial charge in [0.1, 0.15) is 0 Å². The number of nitro groups is 1. The summed E-state index contributed by atoms with van der Waals surface area (Å²) in [4.78, 5) is 10.5. The molecule has 1 aliphatic rings. The van der Waals surface area contributed by atoms with Gasteiger partial charge in [-0.1, -0.05) is 6.92 Å². The van der Waals surface area contributed by atoms with E-state index in [1.165, 1.54) is 6.07 Å². The topological polar surface area (TPSA) is 84.6 Å². The van der Waals surface area contributed by atoms with Crippen LogP contribution in [-0.2, 0) is 0 Å². The summed E-state index contributed by atoms with van der Waals surface area (Å²) in [5, 5.41) is 23.4. The van der Waals surface area contributed by atoms with Crippen LogP contribution in [0.1, 0.15) is 26.2 Å². The molecule has 0 bridgehead atoms. The van der Waals surface area contributed by atoms with Crippen LogP contribution in [0.25, 0.3) is 0 Å². The number of ether oxygens (including phenoxy) is 1. The van der Waals surface area contributed by atoms with Crippen molar-refractivity contribution in [2.45, 2.75) is 31.7 Å². The maximum absolute atomic E-state index is 10.9. The lowest BCUT2D eigenvalue weighted by atomic mass is 10.2. The average molecular weight is 266 g/mol. The number of nitrogens with zero attached hydrogens (tertiary/aromatic N) is 1. The first-order valence-electron chi connectivity index (χ1n) is 6.40. The number of nitrogens with one attached hydrogen (secondary N) is 1. The Morgan fingerprint density at radius 1 is 1.53 bits per heavy atom. The van der Waals surface area contributed by atoms with E-state index in [2.05, 4.69) is 5.32 Å². The Kier molecular flexibility index (Phi) is 3.90. The normalized spacial score (nSPS) is 15.9. The van der Waals surface area contributed by atoms with Crippen molar-refractivity contribution in [3.63, 3.8) is 0 Å². The largest absolute Gasteiger partial charge is 0.487 e. The minimum atomic E-state index is -0.451. The van der Waals surface area contributed by atoms with Crippen molar-refractivity contribution in [3.05, 3.63) is 28.3 Å². The lowest BCUT2D eigenvalue weighted by Crippen LogP contribution is -2.25. The van der Waals surface area contributed by atoms with Crippen molar-refractivity contribution in [1.82, 2.24) is 0 Å². The molecule has 19 heavy (non-hydrogen) atoms. The molecule has 0 aromatic heterocycles. The monoisotopic (exact) mass is 266 g/mol. The molecular formula is C13H18N2O4. The van der Waals surface area contributed by atoms with Gasteiger partial charge in [-0.3, -0.25) is 10.1 Å². The molecule has 1 saturated carbocycles. The Labute approximate surface area is 111 Å². The number of anilines is 1. The van der Waals surface area contributed by atoms with Crippen molar-refractivity contribution in [3.8, 4) is 5.75 Å². The quantitative estimate of drug-likeness (QED) is 0.584. The molecule has 104 valence electrons. The van der Waals surface area contributed by atoms with Crippen LogP contribution < -0.4 is 10.1 Å². The van der Waals surface area contributed by atoms with Gasteiger partial charge in [-0.2, -0.15) is 0 Å². The fraction of sp³-hybridized carbons (Fsp3) is 0.538. The zero-order valence-corrected chi connectivity index (χ0v) is 10.9. The minimum Gasteiger partial charge on any atom is -0.487 e. The molecule has 1 aromatic carbocycles. The fourth-order valence-electron chi connectivity index (χ4n) is 1.85. The smallest absolute Gasteiger partial charge is 0.311 e. The molecule has 2 rings (SSSR count). The van der Waals surface area contributed by atoms with Crippen LogP contribution in [0.15, 0.2) is 18.2 Å². The molecule has 0 radical (unpaired) electrons. The highest BCUT2D eigenvalue weighted by atomic mass is 16.6. The number of nitro benzene ring substituents is 1. The Balaban J connectivity index is 2.19. The number of aliphatic hydroxyl groups excluding tert-OH is 1. The minimum absolute atomic E-state index is 0.0344. The van der Waals surface area contributed by atoms with Crippen molar-refractivity contribution in [1.29, 1.82) is 0 Å². The van der Waals surface area contributed by atoms with Crippen LogP contribution in [0, 0.1) is 10.1 Å². The third-order valence-electron chi connectivity index (χ3n) is 3.18. The van der Waals surface area contributed by atoms with E-state index < -0.39 is 4.92 Å². The molecule has 0 spiro atoms. The van der Waals surface area contributed by atoms with Crippen LogP contribution in [-0.4, -0.2) is 28.8 Å². The number of aliphatic hydroxyl groups is 1. The van der Waals surface area contributed by atoms with E-state index >= 15 is 0 Å². The highest BCUT2D eigenvalue weighted by Gasteiger charge is 2.42. The molecule has 0 amide bonds. The third-order valence-corrected chi connectivity index (χ3v) is 3.18. The summed E-state index contributed by atoms with van der Waals surface area (Å²) in [5.41, 5.74) is 0.453. The summed E-state index contributed by atoms with van der Waals surface area (Å²) in [5.74, 6) is 0.269. The lowest BCUT2D eigenvalue weighted by molar-refractivity contribution is -0.385. The van der Waals surface area contributed by atoms with Crippen molar-refractivity contribution < 1.29 is 14.8 Å². The van der Waals surface area contributed by atoms with E-state index in [9.17, 15) is 15.2 Å². The molecule has 6 heteroatoms. The Bertz CT molecular complexity index is 472. The van der Waals surface area contributed by atoms with Crippen LogP contribution in [0.2, 0.25) is 0 Å². The molecule has 0 heterocycles. The van der Waals surface area contributed by atoms with Gasteiger partial charge in [0.25, 0.3) is 0 Å². The van der Waals surface area contributed by atoms with E-state index in [1.54, 1.807) is 12.1 Å². The van der Waals surface area contributed by atoms with Gasteiger partial charge < -0.3 is 15.2 Å². The first-order chi connectivity index (χ1) is 9.10. The van der Waals surface area contributed by atoms with Gasteiger partial charge in [-0.05, 0) is 25.3 Å². The second-order valence-corrected chi connectivity index (χ2v) is 4.85. The number of rotatable bonds is 7. The Hall–Kier alpha value is -1.82. The van der Waals surface area contributed by atoms with Gasteiger partial charge in [0.05, 0.1) is 23.7 Å². The van der Waals surface area contributed by atoms with Crippen LogP contribution >= 0.6 is 0 Å². The van der Waals surface area contributed by atoms with Gasteiger partial charge in [0.2, 0.25) is 0 Å². The maximum atomic E-state index is 10.9. The van der Waals surface area contributed by atoms with Gasteiger partial charge in [-0.15, -0.1) is 0 Å². The Morgan fingerprint density at radius 3 is 2.79 bits per heavy atom. The summed E-state index contributed by atoms with van der Waals surface area (Å²) in [6, 6.07) is 4.71. The van der Waals surface area contributed by atoms with Crippen LogP contribution in [0.5, 0.6) is 5.75 Å². The molecule has 0 atom stereocenters. The Morgan fingerprint density at radius 2 is 2.26 bits per heavy atom. The van der Waals surface area contributed by atoms with Gasteiger partial charge in [-0.25, -0.2) is 0 Å². The summed E-state index contributed by atoms with van der Waals surface area (Å²) >= 11 is 0. The van der Waals surface area contributed by atoms with E-state index in [-0.39, 0.29) is 23.6 Å². The molecule has 2 N–H and O–H groups in total. The number of hydrogen-bond donors (Lipinski definition) is 2. The fourth-order valence-corrected chi connectivity index (χ4v) is 1.85. The first-order valence-corrected chi connectivity index (χ1v) is 6.40. The highest BCUT2D eigenvalue weighted by molar-refractivity contribution is 5.59. The molecule has 6 nitrogen and oxygen atoms in total. The zero-order chi connectivity index (χ0) is 13.9. The summed E-state index contributed by atoms with van der Waals surface area (Å²) in [7, 11) is 0. The molecule has 0 saturated heterocycles. The molecule has 1 aliphatic carbocycles. The van der Waals surface area contributed by atoms with Gasteiger partial charge in [0.15, 0.2) is 5.75 Å². The van der Waals surface area contributed by atoms with Crippen LogP contribution in [0.4, 0.5) is 11.4 Å². The van der Waals surface area contributed by atoms with Gasteiger partial charge >= 0.3 is 5.69 Å². The number of benzene rings is 1. The predicted octanol–water partition coefficient (Wildman–Crippen LogP) is 2.32. The number of hydrogen-bond acceptors (Lipinski definition) is 5. The lowest BCUT2D eigenvalue weighted by Gasteiger charge is -2.16. The standard InChI is InChI=1S/C13H18N2O4/c1-2-7-19-12-8-10(3-4-11(12)15(17)18)14-13(9-16)5-6-13/h3-4,8,14,16H,2,5-7,9H2,1H3. The average Bonchev–Trinajstić information content (AvgIpc) is 3.16. The highest BCUT2D eigenvalue weighted by Crippen LogP contribution is 2.40. The molecule has 0 unspecified atom stereocenters. The summed E-state index contributed by atoms with van der Waals surface area (Å²) in [6.07, 6.45) is 2.60. The summed E-state index contributed by atoms with van der Waals surface area (Å²) in [6.45, 7) is 2.45. The summed E-state index contributed by atoms with van der Waals surface area (Å²) < 4.78 is 5.41. The van der Waals surface area contributed by atoms with E-state index in [1.807, 2.05) is 6.92 Å².